The molecule has 0 N–H and O–H groups in total. The highest BCUT2D eigenvalue weighted by atomic mass is 32.2. The summed E-state index contributed by atoms with van der Waals surface area (Å²) in [4.78, 5) is 15.8. The van der Waals surface area contributed by atoms with E-state index in [1.807, 2.05) is 4.90 Å². The zero-order valence-corrected chi connectivity index (χ0v) is 12.2. The van der Waals surface area contributed by atoms with Gasteiger partial charge in [-0.2, -0.15) is 10.5 Å². The second kappa shape index (κ2) is 5.74. The Balaban J connectivity index is 2.10. The van der Waals surface area contributed by atoms with Crippen molar-refractivity contribution >= 4 is 28.1 Å². The molecule has 1 aromatic rings. The highest BCUT2D eigenvalue weighted by Crippen LogP contribution is 2.21. The lowest BCUT2D eigenvalue weighted by Gasteiger charge is -2.32. The molecular formula is C14H19FN2OS. The maximum atomic E-state index is 13.2. The minimum Gasteiger partial charge on any atom is -0.323 e. The predicted molar refractivity (Wildman–Crippen MR) is 81.0 cm³/mol. The number of anilines is 1. The molecule has 19 heavy (non-hydrogen) atoms. The van der Waals surface area contributed by atoms with Crippen LogP contribution in [-0.2, 0) is 0 Å². The summed E-state index contributed by atoms with van der Waals surface area (Å²) in [5.74, 6) is 5.75. The number of aryl methyl sites for hydroxylation is 1. The lowest BCUT2D eigenvalue weighted by molar-refractivity contribution is 0.211. The van der Waals surface area contributed by atoms with Crippen LogP contribution in [-0.4, -0.2) is 48.4 Å². The first kappa shape index (κ1) is 14.1. The Morgan fingerprint density at radius 3 is 2.63 bits per heavy atom. The topological polar surface area (TPSA) is 23.6 Å². The Hall–Kier alpha value is -1.36. The van der Waals surface area contributed by atoms with Crippen LogP contribution in [0.15, 0.2) is 18.2 Å². The number of carbonyl (C=O) groups excluding carboxylic acids is 1. The van der Waals surface area contributed by atoms with Gasteiger partial charge in [-0.15, -0.1) is 0 Å². The number of amides is 2. The van der Waals surface area contributed by atoms with Crippen molar-refractivity contribution in [2.24, 2.45) is 0 Å². The van der Waals surface area contributed by atoms with Gasteiger partial charge in [-0.1, -0.05) is 5.87 Å². The van der Waals surface area contributed by atoms with Gasteiger partial charge in [0.1, 0.15) is 5.82 Å². The number of carbonyl (C=O) groups is 1. The summed E-state index contributed by atoms with van der Waals surface area (Å²) < 4.78 is 13.2. The molecule has 0 unspecified atom stereocenters. The van der Waals surface area contributed by atoms with Crippen LogP contribution in [0.3, 0.4) is 0 Å². The number of rotatable bonds is 1. The summed E-state index contributed by atoms with van der Waals surface area (Å²) in [5, 5.41) is 0. The van der Waals surface area contributed by atoms with Gasteiger partial charge >= 0.3 is 6.03 Å². The molecule has 0 radical (unpaired) electrons. The quantitative estimate of drug-likeness (QED) is 0.727. The fourth-order valence-electron chi connectivity index (χ4n) is 2.04. The molecule has 0 saturated carbocycles. The van der Waals surface area contributed by atoms with E-state index in [1.165, 1.54) is 6.07 Å². The average molecular weight is 282 g/mol. The summed E-state index contributed by atoms with van der Waals surface area (Å²) >= 11 is 0. The minimum absolute atomic E-state index is 0.0253. The Labute approximate surface area is 115 Å². The van der Waals surface area contributed by atoms with Crippen LogP contribution in [0.25, 0.3) is 0 Å². The number of hydrogen-bond acceptors (Lipinski definition) is 1. The lowest BCUT2D eigenvalue weighted by atomic mass is 10.2. The van der Waals surface area contributed by atoms with Gasteiger partial charge in [0.05, 0.1) is 0 Å². The van der Waals surface area contributed by atoms with Gasteiger partial charge in [-0.3, -0.25) is 4.90 Å². The molecular weight excluding hydrogens is 263 g/mol. The maximum Gasteiger partial charge on any atom is 0.324 e. The van der Waals surface area contributed by atoms with E-state index in [0.29, 0.717) is 5.56 Å². The molecule has 0 aliphatic carbocycles. The van der Waals surface area contributed by atoms with Crippen molar-refractivity contribution in [2.75, 3.05) is 36.5 Å². The van der Waals surface area contributed by atoms with Crippen molar-refractivity contribution in [3.05, 3.63) is 29.6 Å². The summed E-state index contributed by atoms with van der Waals surface area (Å²) in [5.41, 5.74) is 1.28. The molecule has 1 heterocycles. The lowest BCUT2D eigenvalue weighted by Crippen LogP contribution is -2.45. The van der Waals surface area contributed by atoms with Gasteiger partial charge in [0.2, 0.25) is 0 Å². The molecule has 1 aromatic carbocycles. The van der Waals surface area contributed by atoms with E-state index in [2.05, 4.69) is 5.87 Å². The van der Waals surface area contributed by atoms with E-state index in [9.17, 15) is 9.18 Å². The first-order valence-electron chi connectivity index (χ1n) is 6.25. The second-order valence-corrected chi connectivity index (χ2v) is 6.82. The number of hydrogen-bond donors (Lipinski definition) is 0. The van der Waals surface area contributed by atoms with E-state index in [-0.39, 0.29) is 22.3 Å². The molecule has 0 spiro atoms. The maximum absolute atomic E-state index is 13.2. The Morgan fingerprint density at radius 1 is 1.42 bits per heavy atom. The molecule has 104 valence electrons. The van der Waals surface area contributed by atoms with Crippen molar-refractivity contribution in [1.82, 2.24) is 4.90 Å². The van der Waals surface area contributed by atoms with Crippen LogP contribution >= 0.6 is 10.5 Å². The highest BCUT2D eigenvalue weighted by Gasteiger charge is 2.22. The van der Waals surface area contributed by atoms with Crippen molar-refractivity contribution in [3.8, 4) is 0 Å². The molecule has 0 aromatic heterocycles. The molecule has 0 atom stereocenters. The summed E-state index contributed by atoms with van der Waals surface area (Å²) in [6, 6.07) is 4.71. The molecule has 0 bridgehead atoms. The van der Waals surface area contributed by atoms with Crippen LogP contribution in [0, 0.1) is 12.7 Å². The number of nitrogens with zero attached hydrogens (tertiary/aromatic N) is 2. The van der Waals surface area contributed by atoms with E-state index >= 15 is 0 Å². The van der Waals surface area contributed by atoms with E-state index in [0.717, 1.165) is 30.3 Å². The Morgan fingerprint density at radius 2 is 2.05 bits per heavy atom. The third kappa shape index (κ3) is 3.15. The molecule has 2 amide bonds. The van der Waals surface area contributed by atoms with E-state index < -0.39 is 0 Å². The van der Waals surface area contributed by atoms with Crippen LogP contribution in [0.5, 0.6) is 0 Å². The fourth-order valence-corrected chi connectivity index (χ4v) is 3.21. The zero-order chi connectivity index (χ0) is 14.0. The monoisotopic (exact) mass is 282 g/mol. The summed E-state index contributed by atoms with van der Waals surface area (Å²) in [6.07, 6.45) is 0. The predicted octanol–water partition coefficient (Wildman–Crippen LogP) is 2.71. The van der Waals surface area contributed by atoms with Crippen LogP contribution in [0.1, 0.15) is 5.56 Å². The van der Waals surface area contributed by atoms with Gasteiger partial charge in [-0.05, 0) is 30.7 Å². The first-order chi connectivity index (χ1) is 8.99. The van der Waals surface area contributed by atoms with Crippen LogP contribution in [0.4, 0.5) is 14.9 Å². The Bertz CT molecular complexity index is 508. The largest absolute Gasteiger partial charge is 0.324 e. The van der Waals surface area contributed by atoms with E-state index in [1.54, 1.807) is 31.0 Å². The highest BCUT2D eigenvalue weighted by molar-refractivity contribution is 8.14. The molecule has 1 aliphatic rings. The molecule has 2 rings (SSSR count). The summed E-state index contributed by atoms with van der Waals surface area (Å²) in [7, 11) is 1.93. The van der Waals surface area contributed by atoms with Gasteiger partial charge in [-0.25, -0.2) is 9.18 Å². The van der Waals surface area contributed by atoms with Crippen molar-refractivity contribution in [2.45, 2.75) is 6.92 Å². The zero-order valence-electron chi connectivity index (χ0n) is 11.4. The minimum atomic E-state index is -0.247. The third-order valence-electron chi connectivity index (χ3n) is 3.39. The normalized spacial score (nSPS) is 16.5. The molecule has 1 aliphatic heterocycles. The fraction of sp³-hybridized carbons (Fsp3) is 0.429. The van der Waals surface area contributed by atoms with Gasteiger partial charge in [0.15, 0.2) is 0 Å². The van der Waals surface area contributed by atoms with Crippen LogP contribution < -0.4 is 4.90 Å². The van der Waals surface area contributed by atoms with Crippen molar-refractivity contribution < 1.29 is 9.18 Å². The van der Waals surface area contributed by atoms with Crippen molar-refractivity contribution in [1.29, 1.82) is 0 Å². The first-order valence-corrected chi connectivity index (χ1v) is 7.98. The number of urea groups is 1. The smallest absolute Gasteiger partial charge is 0.323 e. The average Bonchev–Trinajstić information content (AvgIpc) is 2.41. The number of halogens is 1. The molecule has 1 saturated heterocycles. The van der Waals surface area contributed by atoms with Gasteiger partial charge in [0, 0.05) is 37.3 Å². The standard InChI is InChI=1S/C14H19FN2OS/c1-11-10-12(4-5-13(11)15)16(2)14(18)17-6-8-19(3)9-7-17/h4-5,10H,3,6-9H2,1-2H3. The van der Waals surface area contributed by atoms with Gasteiger partial charge < -0.3 is 4.90 Å². The van der Waals surface area contributed by atoms with Crippen LogP contribution in [0.2, 0.25) is 0 Å². The third-order valence-corrected chi connectivity index (χ3v) is 4.91. The molecule has 3 nitrogen and oxygen atoms in total. The second-order valence-electron chi connectivity index (χ2n) is 4.78. The SMILES string of the molecule is C=S1CCN(C(=O)N(C)c2ccc(F)c(C)c2)CC1. The van der Waals surface area contributed by atoms with Crippen molar-refractivity contribution in [3.63, 3.8) is 0 Å². The Kier molecular flexibility index (Phi) is 4.24. The molecule has 5 heteroatoms. The molecule has 1 fully saturated rings. The summed E-state index contributed by atoms with van der Waals surface area (Å²) in [6.45, 7) is 3.22. The number of benzene rings is 1. The van der Waals surface area contributed by atoms with E-state index in [4.69, 9.17) is 0 Å². The van der Waals surface area contributed by atoms with Gasteiger partial charge in [0.25, 0.3) is 0 Å².